The van der Waals surface area contributed by atoms with Gasteiger partial charge in [-0.25, -0.2) is 0 Å². The molecule has 0 saturated heterocycles. The first-order valence-corrected chi connectivity index (χ1v) is 10.5. The predicted octanol–water partition coefficient (Wildman–Crippen LogP) is 3.00. The fraction of sp³-hybridized carbons (Fsp3) is 0.750. The third-order valence-electron chi connectivity index (χ3n) is 4.14. The average molecular weight is 472 g/mol. The molecule has 6 nitrogen and oxygen atoms in total. The molecule has 0 unspecified atom stereocenters. The molecule has 8 heteroatoms. The van der Waals surface area contributed by atoms with E-state index in [1.807, 2.05) is 13.8 Å². The van der Waals surface area contributed by atoms with Gasteiger partial charge in [-0.2, -0.15) is 8.42 Å². The number of ether oxygens (including phenoxy) is 1. The quantitative estimate of drug-likeness (QED) is 0.336. The van der Waals surface area contributed by atoms with Crippen LogP contribution in [0, 0.1) is 10.8 Å². The summed E-state index contributed by atoms with van der Waals surface area (Å²) in [6.07, 6.45) is 3.22. The molecule has 0 radical (unpaired) electrons. The molecule has 138 valence electrons. The van der Waals surface area contributed by atoms with Crippen LogP contribution >= 0.6 is 22.6 Å². The number of esters is 1. The van der Waals surface area contributed by atoms with Gasteiger partial charge in [0, 0.05) is 13.3 Å². The van der Waals surface area contributed by atoms with E-state index in [1.165, 1.54) is 6.92 Å². The third kappa shape index (κ3) is 6.44. The van der Waals surface area contributed by atoms with Gasteiger partial charge >= 0.3 is 5.97 Å². The Hall–Kier alpha value is -0.480. The van der Waals surface area contributed by atoms with Crippen molar-refractivity contribution < 1.29 is 26.9 Å². The molecule has 0 aromatic heterocycles. The van der Waals surface area contributed by atoms with Crippen molar-refractivity contribution in [3.05, 3.63) is 9.66 Å². The van der Waals surface area contributed by atoms with Crippen LogP contribution in [0.25, 0.3) is 0 Å². The molecule has 24 heavy (non-hydrogen) atoms. The van der Waals surface area contributed by atoms with Crippen molar-refractivity contribution in [2.75, 3.05) is 12.9 Å². The summed E-state index contributed by atoms with van der Waals surface area (Å²) in [4.78, 5) is 23.6. The van der Waals surface area contributed by atoms with Gasteiger partial charge in [0.2, 0.25) is 0 Å². The summed E-state index contributed by atoms with van der Waals surface area (Å²) in [6, 6.07) is 0. The summed E-state index contributed by atoms with van der Waals surface area (Å²) in [7, 11) is -3.68. The second kappa shape index (κ2) is 7.82. The van der Waals surface area contributed by atoms with Crippen LogP contribution in [0.4, 0.5) is 0 Å². The Kier molecular flexibility index (Phi) is 7.03. The van der Waals surface area contributed by atoms with E-state index in [4.69, 9.17) is 8.92 Å². The van der Waals surface area contributed by atoms with Gasteiger partial charge in [0.1, 0.15) is 12.4 Å². The topological polar surface area (TPSA) is 86.7 Å². The molecule has 0 spiro atoms. The number of Topliss-reactive ketones (excluding diaryl/α,β-unsaturated/α-hetero) is 1. The fourth-order valence-corrected chi connectivity index (χ4v) is 4.53. The van der Waals surface area contributed by atoms with Gasteiger partial charge in [-0.1, -0.05) is 13.8 Å². The highest BCUT2D eigenvalue weighted by Crippen LogP contribution is 2.48. The maximum absolute atomic E-state index is 12.8. The number of ketones is 1. The minimum Gasteiger partial charge on any atom is -0.462 e. The number of allylic oxidation sites excluding steroid dienone is 1. The van der Waals surface area contributed by atoms with Crippen LogP contribution in [0.1, 0.15) is 47.0 Å². The molecule has 0 N–H and O–H groups in total. The van der Waals surface area contributed by atoms with E-state index in [-0.39, 0.29) is 23.8 Å². The molecule has 0 aromatic rings. The third-order valence-corrected chi connectivity index (χ3v) is 5.55. The zero-order valence-electron chi connectivity index (χ0n) is 14.7. The van der Waals surface area contributed by atoms with Crippen molar-refractivity contribution in [3.8, 4) is 0 Å². The lowest BCUT2D eigenvalue weighted by Crippen LogP contribution is -2.50. The largest absolute Gasteiger partial charge is 0.462 e. The highest BCUT2D eigenvalue weighted by Gasteiger charge is 2.51. The van der Waals surface area contributed by atoms with Crippen LogP contribution in [0.2, 0.25) is 0 Å². The first-order valence-electron chi connectivity index (χ1n) is 7.65. The Morgan fingerprint density at radius 2 is 1.96 bits per heavy atom. The van der Waals surface area contributed by atoms with Gasteiger partial charge in [0.05, 0.1) is 17.8 Å². The molecule has 0 bridgehead atoms. The Morgan fingerprint density at radius 1 is 1.38 bits per heavy atom. The van der Waals surface area contributed by atoms with E-state index >= 15 is 0 Å². The van der Waals surface area contributed by atoms with Crippen LogP contribution in [0.15, 0.2) is 9.66 Å². The van der Waals surface area contributed by atoms with Crippen molar-refractivity contribution in [2.24, 2.45) is 10.8 Å². The van der Waals surface area contributed by atoms with E-state index in [9.17, 15) is 18.0 Å². The summed E-state index contributed by atoms with van der Waals surface area (Å²) in [5, 5.41) is 0. The highest BCUT2D eigenvalue weighted by atomic mass is 127. The second-order valence-corrected chi connectivity index (χ2v) is 10.3. The standard InChI is InChI=1S/C16H25IO6S/c1-11(18)22-7-6-12(17)8-16(4)13(19)9-15(2,3)10-14(16)23-24(5,20)21/h6,14H,7-10H2,1-5H3/b12-6-/t14-,16+/m0/s1. The predicted molar refractivity (Wildman–Crippen MR) is 99.2 cm³/mol. The van der Waals surface area contributed by atoms with Crippen LogP contribution in [0.3, 0.4) is 0 Å². The van der Waals surface area contributed by atoms with Gasteiger partial charge in [0.15, 0.2) is 0 Å². The monoisotopic (exact) mass is 472 g/mol. The van der Waals surface area contributed by atoms with Gasteiger partial charge in [-0.05, 0) is 57.4 Å². The van der Waals surface area contributed by atoms with Crippen LogP contribution < -0.4 is 0 Å². The van der Waals surface area contributed by atoms with Gasteiger partial charge < -0.3 is 4.74 Å². The Labute approximate surface area is 157 Å². The number of hydrogen-bond donors (Lipinski definition) is 0. The number of hydrogen-bond acceptors (Lipinski definition) is 6. The van der Waals surface area contributed by atoms with Crippen molar-refractivity contribution in [3.63, 3.8) is 0 Å². The van der Waals surface area contributed by atoms with Crippen molar-refractivity contribution in [2.45, 2.75) is 53.1 Å². The van der Waals surface area contributed by atoms with E-state index < -0.39 is 21.6 Å². The molecule has 1 fully saturated rings. The van der Waals surface area contributed by atoms with Crippen LogP contribution in [-0.4, -0.2) is 39.1 Å². The molecule has 0 heterocycles. The Balaban J connectivity index is 3.03. The SMILES string of the molecule is CC(=O)OC/C=C(\I)C[C@]1(C)C(=O)CC(C)(C)C[C@@H]1OS(C)(=O)=O. The fourth-order valence-electron chi connectivity index (χ4n) is 2.85. The first kappa shape index (κ1) is 21.6. The molecule has 0 aromatic carbocycles. The maximum Gasteiger partial charge on any atom is 0.302 e. The molecule has 2 atom stereocenters. The molecule has 1 saturated carbocycles. The number of rotatable bonds is 6. The lowest BCUT2D eigenvalue weighted by atomic mass is 9.62. The molecular formula is C16H25IO6S. The van der Waals surface area contributed by atoms with Gasteiger partial charge in [0.25, 0.3) is 10.1 Å². The Bertz CT molecular complexity index is 637. The lowest BCUT2D eigenvalue weighted by Gasteiger charge is -2.45. The molecule has 1 aliphatic carbocycles. The van der Waals surface area contributed by atoms with E-state index in [1.54, 1.807) is 13.0 Å². The maximum atomic E-state index is 12.8. The summed E-state index contributed by atoms with van der Waals surface area (Å²) < 4.78 is 34.2. The summed E-state index contributed by atoms with van der Waals surface area (Å²) in [5.41, 5.74) is -1.24. The number of carbonyl (C=O) groups is 2. The summed E-state index contributed by atoms with van der Waals surface area (Å²) >= 11 is 2.08. The summed E-state index contributed by atoms with van der Waals surface area (Å²) in [6.45, 7) is 7.07. The second-order valence-electron chi connectivity index (χ2n) is 7.31. The van der Waals surface area contributed by atoms with Crippen LogP contribution in [0.5, 0.6) is 0 Å². The molecular weight excluding hydrogens is 447 g/mol. The number of halogens is 1. The minimum atomic E-state index is -3.68. The van der Waals surface area contributed by atoms with Gasteiger partial charge in [-0.3, -0.25) is 13.8 Å². The highest BCUT2D eigenvalue weighted by molar-refractivity contribution is 14.1. The normalized spacial score (nSPS) is 27.8. The lowest BCUT2D eigenvalue weighted by molar-refractivity contribution is -0.143. The average Bonchev–Trinajstić information content (AvgIpc) is 2.32. The van der Waals surface area contributed by atoms with Crippen molar-refractivity contribution in [1.82, 2.24) is 0 Å². The van der Waals surface area contributed by atoms with Crippen molar-refractivity contribution >= 4 is 44.5 Å². The zero-order chi connectivity index (χ0) is 18.8. The molecule has 0 amide bonds. The van der Waals surface area contributed by atoms with E-state index in [2.05, 4.69) is 22.6 Å². The molecule has 1 aliphatic rings. The zero-order valence-corrected chi connectivity index (χ0v) is 17.7. The van der Waals surface area contributed by atoms with Gasteiger partial charge in [-0.15, -0.1) is 0 Å². The molecule has 1 rings (SSSR count). The number of carbonyl (C=O) groups excluding carboxylic acids is 2. The van der Waals surface area contributed by atoms with E-state index in [0.29, 0.717) is 19.3 Å². The minimum absolute atomic E-state index is 0.0116. The summed E-state index contributed by atoms with van der Waals surface area (Å²) in [5.74, 6) is -0.391. The Morgan fingerprint density at radius 3 is 2.46 bits per heavy atom. The first-order chi connectivity index (χ1) is 10.8. The van der Waals surface area contributed by atoms with Crippen LogP contribution in [-0.2, 0) is 28.6 Å². The molecule has 0 aliphatic heterocycles. The smallest absolute Gasteiger partial charge is 0.302 e. The van der Waals surface area contributed by atoms with E-state index in [0.717, 1.165) is 9.84 Å². The van der Waals surface area contributed by atoms with Crippen molar-refractivity contribution in [1.29, 1.82) is 0 Å².